The molecule has 0 unspecified atom stereocenters. The van der Waals surface area contributed by atoms with Gasteiger partial charge in [-0.1, -0.05) is 25.8 Å². The third kappa shape index (κ3) is 4.18. The van der Waals surface area contributed by atoms with Gasteiger partial charge < -0.3 is 10.6 Å². The molecule has 2 amide bonds. The van der Waals surface area contributed by atoms with Crippen LogP contribution in [0.1, 0.15) is 38.2 Å². The second-order valence-electron chi connectivity index (χ2n) is 5.82. The average Bonchev–Trinajstić information content (AvgIpc) is 2.41. The minimum absolute atomic E-state index is 0.0258. The summed E-state index contributed by atoms with van der Waals surface area (Å²) < 4.78 is 0. The minimum atomic E-state index is -0.467. The highest BCUT2D eigenvalue weighted by Crippen LogP contribution is 2.24. The molecule has 6 nitrogen and oxygen atoms in total. The van der Waals surface area contributed by atoms with E-state index in [0.29, 0.717) is 11.6 Å². The van der Waals surface area contributed by atoms with Crippen molar-refractivity contribution in [2.45, 2.75) is 45.6 Å². The fraction of sp³-hybridized carbons (Fsp3) is 0.533. The van der Waals surface area contributed by atoms with Crippen molar-refractivity contribution >= 4 is 17.4 Å². The van der Waals surface area contributed by atoms with Gasteiger partial charge in [0.1, 0.15) is 0 Å². The molecule has 0 heterocycles. The second kappa shape index (κ2) is 6.56. The highest BCUT2D eigenvalue weighted by atomic mass is 16.6. The van der Waals surface area contributed by atoms with Crippen LogP contribution >= 0.6 is 0 Å². The zero-order valence-corrected chi connectivity index (χ0v) is 12.4. The van der Waals surface area contributed by atoms with Gasteiger partial charge in [-0.05, 0) is 31.2 Å². The lowest BCUT2D eigenvalue weighted by Gasteiger charge is -2.27. The Kier molecular flexibility index (Phi) is 4.77. The van der Waals surface area contributed by atoms with Crippen molar-refractivity contribution in [3.05, 3.63) is 33.9 Å². The van der Waals surface area contributed by atoms with Crippen molar-refractivity contribution in [1.29, 1.82) is 0 Å². The number of rotatable bonds is 3. The maximum absolute atomic E-state index is 12.0. The Labute approximate surface area is 124 Å². The SMILES string of the molecule is Cc1ccc([N+](=O)[O-])cc1NC(=O)N[C@H]1CCC[C@@H](C)C1. The molecule has 0 aliphatic heterocycles. The Morgan fingerprint density at radius 2 is 2.14 bits per heavy atom. The lowest BCUT2D eigenvalue weighted by atomic mass is 9.87. The summed E-state index contributed by atoms with van der Waals surface area (Å²) >= 11 is 0. The van der Waals surface area contributed by atoms with E-state index in [0.717, 1.165) is 24.8 Å². The van der Waals surface area contributed by atoms with E-state index in [2.05, 4.69) is 17.6 Å². The predicted octanol–water partition coefficient (Wildman–Crippen LogP) is 3.60. The summed E-state index contributed by atoms with van der Waals surface area (Å²) in [4.78, 5) is 22.3. The smallest absolute Gasteiger partial charge is 0.319 e. The van der Waals surface area contributed by atoms with Crippen molar-refractivity contribution in [3.63, 3.8) is 0 Å². The van der Waals surface area contributed by atoms with E-state index >= 15 is 0 Å². The average molecular weight is 291 g/mol. The number of hydrogen-bond acceptors (Lipinski definition) is 3. The van der Waals surface area contributed by atoms with Crippen LogP contribution in [0.4, 0.5) is 16.2 Å². The van der Waals surface area contributed by atoms with Crippen LogP contribution < -0.4 is 10.6 Å². The molecule has 2 atom stereocenters. The Bertz CT molecular complexity index is 545. The molecule has 114 valence electrons. The zero-order chi connectivity index (χ0) is 15.4. The Morgan fingerprint density at radius 3 is 2.81 bits per heavy atom. The molecule has 0 spiro atoms. The first kappa shape index (κ1) is 15.3. The van der Waals surface area contributed by atoms with Crippen molar-refractivity contribution < 1.29 is 9.72 Å². The van der Waals surface area contributed by atoms with Crippen LogP contribution in [0.25, 0.3) is 0 Å². The van der Waals surface area contributed by atoms with Gasteiger partial charge in [0.15, 0.2) is 0 Å². The van der Waals surface area contributed by atoms with Crippen LogP contribution in [-0.2, 0) is 0 Å². The Morgan fingerprint density at radius 1 is 1.38 bits per heavy atom. The zero-order valence-electron chi connectivity index (χ0n) is 12.4. The molecule has 1 aromatic rings. The first-order valence-electron chi connectivity index (χ1n) is 7.28. The van der Waals surface area contributed by atoms with Gasteiger partial charge in [0.2, 0.25) is 0 Å². The number of nitrogens with zero attached hydrogens (tertiary/aromatic N) is 1. The molecule has 1 aliphatic rings. The molecular weight excluding hydrogens is 270 g/mol. The highest BCUT2D eigenvalue weighted by Gasteiger charge is 2.20. The normalized spacial score (nSPS) is 21.6. The molecule has 2 rings (SSSR count). The number of benzene rings is 1. The molecule has 1 aromatic carbocycles. The van der Waals surface area contributed by atoms with Gasteiger partial charge in [-0.3, -0.25) is 10.1 Å². The summed E-state index contributed by atoms with van der Waals surface area (Å²) in [6, 6.07) is 4.35. The fourth-order valence-corrected chi connectivity index (χ4v) is 2.77. The predicted molar refractivity (Wildman–Crippen MR) is 81.4 cm³/mol. The van der Waals surface area contributed by atoms with Gasteiger partial charge in [0.05, 0.1) is 10.6 Å². The third-order valence-electron chi connectivity index (χ3n) is 3.95. The number of hydrogen-bond donors (Lipinski definition) is 2. The van der Waals surface area contributed by atoms with Crippen molar-refractivity contribution in [1.82, 2.24) is 5.32 Å². The molecule has 0 saturated heterocycles. The molecule has 0 radical (unpaired) electrons. The number of carbonyl (C=O) groups is 1. The summed E-state index contributed by atoms with van der Waals surface area (Å²) in [5.74, 6) is 0.628. The number of carbonyl (C=O) groups excluding carboxylic acids is 1. The Balaban J connectivity index is 1.99. The van der Waals surface area contributed by atoms with Crippen LogP contribution in [0.5, 0.6) is 0 Å². The van der Waals surface area contributed by atoms with Crippen LogP contribution in [0.2, 0.25) is 0 Å². The number of non-ortho nitro benzene ring substituents is 1. The van der Waals surface area contributed by atoms with Crippen LogP contribution in [0, 0.1) is 23.0 Å². The number of urea groups is 1. The van der Waals surface area contributed by atoms with E-state index in [1.165, 1.54) is 18.6 Å². The monoisotopic (exact) mass is 291 g/mol. The number of nitro groups is 1. The lowest BCUT2D eigenvalue weighted by Crippen LogP contribution is -2.40. The van der Waals surface area contributed by atoms with E-state index in [4.69, 9.17) is 0 Å². The molecule has 0 aromatic heterocycles. The van der Waals surface area contributed by atoms with Gasteiger partial charge in [-0.25, -0.2) is 4.79 Å². The molecule has 6 heteroatoms. The van der Waals surface area contributed by atoms with Crippen molar-refractivity contribution in [2.75, 3.05) is 5.32 Å². The molecular formula is C15H21N3O3. The summed E-state index contributed by atoms with van der Waals surface area (Å²) in [6.45, 7) is 4.00. The number of amides is 2. The first-order valence-corrected chi connectivity index (χ1v) is 7.28. The van der Waals surface area contributed by atoms with Crippen molar-refractivity contribution in [2.24, 2.45) is 5.92 Å². The van der Waals surface area contributed by atoms with E-state index in [-0.39, 0.29) is 17.8 Å². The number of anilines is 1. The fourth-order valence-electron chi connectivity index (χ4n) is 2.77. The van der Waals surface area contributed by atoms with E-state index < -0.39 is 4.92 Å². The highest BCUT2D eigenvalue weighted by molar-refractivity contribution is 5.90. The molecule has 1 saturated carbocycles. The van der Waals surface area contributed by atoms with Crippen LogP contribution in [0.15, 0.2) is 18.2 Å². The summed E-state index contributed by atoms with van der Waals surface area (Å²) in [6.07, 6.45) is 4.32. The molecule has 1 aliphatic carbocycles. The van der Waals surface area contributed by atoms with Gasteiger partial charge in [0.25, 0.3) is 5.69 Å². The second-order valence-corrected chi connectivity index (χ2v) is 5.82. The van der Waals surface area contributed by atoms with Gasteiger partial charge in [0, 0.05) is 18.2 Å². The van der Waals surface area contributed by atoms with E-state index in [9.17, 15) is 14.9 Å². The van der Waals surface area contributed by atoms with E-state index in [1.54, 1.807) is 6.07 Å². The maximum atomic E-state index is 12.0. The maximum Gasteiger partial charge on any atom is 0.319 e. The summed E-state index contributed by atoms with van der Waals surface area (Å²) in [5.41, 5.74) is 1.25. The van der Waals surface area contributed by atoms with Gasteiger partial charge in [-0.2, -0.15) is 0 Å². The van der Waals surface area contributed by atoms with Crippen LogP contribution in [0.3, 0.4) is 0 Å². The topological polar surface area (TPSA) is 84.3 Å². The standard InChI is InChI=1S/C15H21N3O3/c1-10-4-3-5-12(8-10)16-15(19)17-14-9-13(18(20)21)7-6-11(14)2/h6-7,9-10,12H,3-5,8H2,1-2H3,(H2,16,17,19)/t10-,12+/m1/s1. The van der Waals surface area contributed by atoms with Gasteiger partial charge in [-0.15, -0.1) is 0 Å². The van der Waals surface area contributed by atoms with Gasteiger partial charge >= 0.3 is 6.03 Å². The molecule has 21 heavy (non-hydrogen) atoms. The molecule has 0 bridgehead atoms. The number of nitro benzene ring substituents is 1. The number of nitrogens with one attached hydrogen (secondary N) is 2. The summed E-state index contributed by atoms with van der Waals surface area (Å²) in [5, 5.41) is 16.4. The quantitative estimate of drug-likeness (QED) is 0.659. The van der Waals surface area contributed by atoms with Crippen LogP contribution in [-0.4, -0.2) is 17.0 Å². The minimum Gasteiger partial charge on any atom is -0.335 e. The number of aryl methyl sites for hydroxylation is 1. The molecule has 2 N–H and O–H groups in total. The third-order valence-corrected chi connectivity index (χ3v) is 3.95. The van der Waals surface area contributed by atoms with Crippen molar-refractivity contribution in [3.8, 4) is 0 Å². The lowest BCUT2D eigenvalue weighted by molar-refractivity contribution is -0.384. The molecule has 1 fully saturated rings. The first-order chi connectivity index (χ1) is 9.95. The Hall–Kier alpha value is -2.11. The summed E-state index contributed by atoms with van der Waals surface area (Å²) in [7, 11) is 0. The van der Waals surface area contributed by atoms with E-state index in [1.807, 2.05) is 6.92 Å². The largest absolute Gasteiger partial charge is 0.335 e.